The number of nitrogen functional groups attached to an aromatic ring is 1. The lowest BCUT2D eigenvalue weighted by Crippen LogP contribution is -2.37. The highest BCUT2D eigenvalue weighted by Gasteiger charge is 2.23. The third kappa shape index (κ3) is 3.01. The van der Waals surface area contributed by atoms with E-state index in [0.717, 1.165) is 22.0 Å². The largest absolute Gasteiger partial charge is 0.462 e. The van der Waals surface area contributed by atoms with Gasteiger partial charge in [-0.25, -0.2) is 4.79 Å². The molecule has 0 spiro atoms. The van der Waals surface area contributed by atoms with E-state index in [1.54, 1.807) is 11.6 Å². The van der Waals surface area contributed by atoms with E-state index >= 15 is 0 Å². The number of para-hydroxylation sites is 1. The monoisotopic (exact) mass is 359 g/mol. The van der Waals surface area contributed by atoms with Gasteiger partial charge in [0.1, 0.15) is 5.52 Å². The zero-order chi connectivity index (χ0) is 18.8. The fourth-order valence-electron chi connectivity index (χ4n) is 3.09. The highest BCUT2D eigenvalue weighted by molar-refractivity contribution is 5.95. The molecule has 0 aliphatic carbocycles. The molecule has 2 heterocycles. The lowest BCUT2D eigenvalue weighted by atomic mass is 10.0. The predicted molar refractivity (Wildman–Crippen MR) is 103 cm³/mol. The molecule has 3 N–H and O–H groups in total. The van der Waals surface area contributed by atoms with Gasteiger partial charge in [-0.2, -0.15) is 0 Å². The highest BCUT2D eigenvalue weighted by Crippen LogP contribution is 2.28. The Kier molecular flexibility index (Phi) is 4.30. The lowest BCUT2D eigenvalue weighted by Gasteiger charge is -2.07. The van der Waals surface area contributed by atoms with Gasteiger partial charge in [0, 0.05) is 11.5 Å². The third-order valence-electron chi connectivity index (χ3n) is 4.37. The maximum atomic E-state index is 12.1. The third-order valence-corrected chi connectivity index (χ3v) is 4.37. The summed E-state index contributed by atoms with van der Waals surface area (Å²) in [5.41, 5.74) is 9.43. The van der Waals surface area contributed by atoms with Crippen molar-refractivity contribution >= 4 is 22.7 Å². The average Bonchev–Trinajstić information content (AvgIpc) is 3.09. The molecule has 2 aromatic carbocycles. The Morgan fingerprint density at radius 3 is 2.67 bits per heavy atom. The highest BCUT2D eigenvalue weighted by atomic mass is 16.5. The Hall–Kier alpha value is -3.67. The molecule has 6 heteroatoms. The summed E-state index contributed by atoms with van der Waals surface area (Å²) < 4.78 is 6.64. The van der Waals surface area contributed by atoms with Crippen molar-refractivity contribution in [1.82, 2.24) is 10.1 Å². The van der Waals surface area contributed by atoms with E-state index in [4.69, 9.17) is 15.5 Å². The van der Waals surface area contributed by atoms with Crippen molar-refractivity contribution in [3.63, 3.8) is 0 Å². The molecule has 134 valence electrons. The van der Waals surface area contributed by atoms with Crippen molar-refractivity contribution in [2.75, 3.05) is 12.3 Å². The molecular weight excluding hydrogens is 340 g/mol. The van der Waals surface area contributed by atoms with Crippen LogP contribution in [0.3, 0.4) is 0 Å². The number of aromatic amines is 1. The van der Waals surface area contributed by atoms with Gasteiger partial charge >= 0.3 is 5.97 Å². The molecule has 4 aromatic rings. The van der Waals surface area contributed by atoms with Crippen LogP contribution in [0.4, 0.5) is 5.82 Å². The predicted octanol–water partition coefficient (Wildman–Crippen LogP) is 3.27. The molecule has 0 unspecified atom stereocenters. The SMILES string of the molecule is CCOC(=O)c1c[nH][n+](-c2cc(-c3ccccc3)c3ccccc3n2)c1N. The summed E-state index contributed by atoms with van der Waals surface area (Å²) in [6.45, 7) is 2.04. The van der Waals surface area contributed by atoms with Crippen LogP contribution in [0, 0.1) is 0 Å². The van der Waals surface area contributed by atoms with Crippen LogP contribution in [-0.4, -0.2) is 22.7 Å². The Morgan fingerprint density at radius 2 is 1.89 bits per heavy atom. The number of nitrogens with zero attached hydrogens (tertiary/aromatic N) is 2. The van der Waals surface area contributed by atoms with Crippen LogP contribution in [0.15, 0.2) is 66.9 Å². The first-order valence-corrected chi connectivity index (χ1v) is 8.70. The first kappa shape index (κ1) is 16.8. The topological polar surface area (TPSA) is 84.9 Å². The number of nitrogens with two attached hydrogens (primary N) is 1. The van der Waals surface area contributed by atoms with Gasteiger partial charge in [0.2, 0.25) is 0 Å². The van der Waals surface area contributed by atoms with Gasteiger partial charge < -0.3 is 10.5 Å². The van der Waals surface area contributed by atoms with Crippen LogP contribution in [0.5, 0.6) is 0 Å². The first-order chi connectivity index (χ1) is 13.2. The molecule has 0 atom stereocenters. The Morgan fingerprint density at radius 1 is 1.15 bits per heavy atom. The number of H-pyrrole nitrogens is 1. The molecule has 27 heavy (non-hydrogen) atoms. The van der Waals surface area contributed by atoms with Gasteiger partial charge in [0.25, 0.3) is 11.6 Å². The number of rotatable bonds is 4. The summed E-state index contributed by atoms with van der Waals surface area (Å²) in [7, 11) is 0. The van der Waals surface area contributed by atoms with Crippen molar-refractivity contribution in [3.05, 3.63) is 72.4 Å². The van der Waals surface area contributed by atoms with Crippen molar-refractivity contribution < 1.29 is 14.2 Å². The van der Waals surface area contributed by atoms with Crippen molar-refractivity contribution in [1.29, 1.82) is 0 Å². The van der Waals surface area contributed by atoms with Gasteiger partial charge in [-0.15, -0.1) is 9.67 Å². The van der Waals surface area contributed by atoms with Gasteiger partial charge in [0.15, 0.2) is 5.56 Å². The van der Waals surface area contributed by atoms with Crippen molar-refractivity contribution in [3.8, 4) is 16.9 Å². The van der Waals surface area contributed by atoms with Crippen molar-refractivity contribution in [2.24, 2.45) is 0 Å². The van der Waals surface area contributed by atoms with Crippen LogP contribution in [-0.2, 0) is 4.74 Å². The van der Waals surface area contributed by atoms with Crippen molar-refractivity contribution in [2.45, 2.75) is 6.92 Å². The Balaban J connectivity index is 1.90. The summed E-state index contributed by atoms with van der Waals surface area (Å²) in [6.07, 6.45) is 1.53. The first-order valence-electron chi connectivity index (χ1n) is 8.70. The van der Waals surface area contributed by atoms with E-state index in [-0.39, 0.29) is 18.0 Å². The summed E-state index contributed by atoms with van der Waals surface area (Å²) in [5, 5.41) is 4.05. The van der Waals surface area contributed by atoms with E-state index in [9.17, 15) is 4.79 Å². The molecule has 0 fully saturated rings. The zero-order valence-electron chi connectivity index (χ0n) is 14.8. The van der Waals surface area contributed by atoms with Gasteiger partial charge in [0.05, 0.1) is 12.8 Å². The molecule has 0 saturated carbocycles. The number of carbonyl (C=O) groups is 1. The quantitative estimate of drug-likeness (QED) is 0.433. The zero-order valence-corrected chi connectivity index (χ0v) is 14.8. The number of benzene rings is 2. The van der Waals surface area contributed by atoms with E-state index in [1.165, 1.54) is 6.20 Å². The average molecular weight is 359 g/mol. The second-order valence-corrected chi connectivity index (χ2v) is 6.04. The normalized spacial score (nSPS) is 10.9. The molecule has 2 aromatic heterocycles. The molecule has 6 nitrogen and oxygen atoms in total. The van der Waals surface area contributed by atoms with Gasteiger partial charge in [-0.3, -0.25) is 5.10 Å². The molecule has 0 aliphatic heterocycles. The molecule has 0 aliphatic rings. The van der Waals surface area contributed by atoms with Crippen LogP contribution >= 0.6 is 0 Å². The van der Waals surface area contributed by atoms with Crippen LogP contribution in [0.1, 0.15) is 17.3 Å². The molecule has 0 bridgehead atoms. The molecular formula is C21H19N4O2+. The summed E-state index contributed by atoms with van der Waals surface area (Å²) in [5.74, 6) is 0.393. The molecule has 0 radical (unpaired) electrons. The maximum absolute atomic E-state index is 12.1. The number of pyridine rings is 1. The minimum Gasteiger partial charge on any atom is -0.462 e. The Bertz CT molecular complexity index is 1120. The van der Waals surface area contributed by atoms with E-state index < -0.39 is 5.97 Å². The molecule has 0 saturated heterocycles. The van der Waals surface area contributed by atoms with Crippen LogP contribution in [0.2, 0.25) is 0 Å². The summed E-state index contributed by atoms with van der Waals surface area (Å²) in [6, 6.07) is 20.0. The summed E-state index contributed by atoms with van der Waals surface area (Å²) >= 11 is 0. The Labute approximate surface area is 156 Å². The van der Waals surface area contributed by atoms with E-state index in [0.29, 0.717) is 5.82 Å². The van der Waals surface area contributed by atoms with E-state index in [1.807, 2.05) is 48.5 Å². The minimum atomic E-state index is -0.464. The molecule has 4 rings (SSSR count). The number of nitrogens with one attached hydrogen (secondary N) is 1. The number of hydrogen-bond donors (Lipinski definition) is 2. The van der Waals surface area contributed by atoms with Crippen LogP contribution < -0.4 is 10.4 Å². The maximum Gasteiger partial charge on any atom is 0.346 e. The van der Waals surface area contributed by atoms with Gasteiger partial charge in [-0.1, -0.05) is 48.5 Å². The fraction of sp³-hybridized carbons (Fsp3) is 0.0952. The van der Waals surface area contributed by atoms with Crippen LogP contribution in [0.25, 0.3) is 27.8 Å². The second kappa shape index (κ2) is 6.92. The second-order valence-electron chi connectivity index (χ2n) is 6.04. The minimum absolute atomic E-state index is 0.259. The summed E-state index contributed by atoms with van der Waals surface area (Å²) in [4.78, 5) is 16.8. The number of aromatic nitrogens is 3. The number of fused-ring (bicyclic) bond motifs is 1. The number of hydrogen-bond acceptors (Lipinski definition) is 4. The number of ether oxygens (including phenoxy) is 1. The molecule has 0 amide bonds. The lowest BCUT2D eigenvalue weighted by molar-refractivity contribution is -0.644. The number of anilines is 1. The number of carbonyl (C=O) groups excluding carboxylic acids is 1. The standard InChI is InChI=1S/C21H18N4O2/c1-2-27-21(26)17-13-23-25(20(17)22)19-12-16(14-8-4-3-5-9-14)15-10-6-7-11-18(15)24-19/h3-13H,2H2,1H3,(H2,22,23,26)/p+1. The fourth-order valence-corrected chi connectivity index (χ4v) is 3.09. The number of esters is 1. The smallest absolute Gasteiger partial charge is 0.346 e. The van der Waals surface area contributed by atoms with E-state index in [2.05, 4.69) is 17.2 Å². The van der Waals surface area contributed by atoms with Gasteiger partial charge in [-0.05, 0) is 24.1 Å².